The summed E-state index contributed by atoms with van der Waals surface area (Å²) in [5, 5.41) is 5.76. The third-order valence-electron chi connectivity index (χ3n) is 2.14. The monoisotopic (exact) mass is 217 g/mol. The molecule has 0 radical (unpaired) electrons. The highest BCUT2D eigenvalue weighted by Crippen LogP contribution is 2.18. The van der Waals surface area contributed by atoms with Crippen molar-refractivity contribution in [3.05, 3.63) is 42.5 Å². The van der Waals surface area contributed by atoms with E-state index >= 15 is 0 Å². The van der Waals surface area contributed by atoms with E-state index in [2.05, 4.69) is 22.9 Å². The van der Waals surface area contributed by atoms with Crippen LogP contribution in [0.25, 0.3) is 10.8 Å². The smallest absolute Gasteiger partial charge is 0.185 e. The summed E-state index contributed by atoms with van der Waals surface area (Å²) in [5.74, 6) is 5.18. The topological polar surface area (TPSA) is 50.1 Å². The van der Waals surface area contributed by atoms with E-state index in [0.717, 1.165) is 5.69 Å². The number of benzene rings is 2. The third-order valence-corrected chi connectivity index (χ3v) is 2.36. The number of hydrogen-bond donors (Lipinski definition) is 3. The van der Waals surface area contributed by atoms with Gasteiger partial charge in [0.2, 0.25) is 0 Å². The fourth-order valence-electron chi connectivity index (χ4n) is 1.43. The van der Waals surface area contributed by atoms with E-state index in [9.17, 15) is 0 Å². The molecule has 0 aliphatic carbocycles. The Morgan fingerprint density at radius 3 is 2.53 bits per heavy atom. The zero-order chi connectivity index (χ0) is 10.7. The average Bonchev–Trinajstić information content (AvgIpc) is 2.29. The Morgan fingerprint density at radius 2 is 1.80 bits per heavy atom. The molecule has 4 N–H and O–H groups in total. The van der Waals surface area contributed by atoms with E-state index in [1.807, 2.05) is 30.3 Å². The van der Waals surface area contributed by atoms with Crippen LogP contribution >= 0.6 is 12.2 Å². The van der Waals surface area contributed by atoms with Gasteiger partial charge in [-0.2, -0.15) is 0 Å². The van der Waals surface area contributed by atoms with Gasteiger partial charge in [0, 0.05) is 5.69 Å². The van der Waals surface area contributed by atoms with Crippen LogP contribution in [0.15, 0.2) is 42.5 Å². The third kappa shape index (κ3) is 2.23. The Bertz CT molecular complexity index is 496. The molecule has 2 aromatic rings. The van der Waals surface area contributed by atoms with Gasteiger partial charge in [-0.25, -0.2) is 5.84 Å². The highest BCUT2D eigenvalue weighted by atomic mass is 32.1. The van der Waals surface area contributed by atoms with Crippen LogP contribution in [0.2, 0.25) is 0 Å². The summed E-state index contributed by atoms with van der Waals surface area (Å²) < 4.78 is 0. The molecule has 15 heavy (non-hydrogen) atoms. The summed E-state index contributed by atoms with van der Waals surface area (Å²) in [5.41, 5.74) is 3.31. The zero-order valence-electron chi connectivity index (χ0n) is 8.03. The molecule has 3 nitrogen and oxygen atoms in total. The van der Waals surface area contributed by atoms with Gasteiger partial charge in [0.1, 0.15) is 0 Å². The summed E-state index contributed by atoms with van der Waals surface area (Å²) in [4.78, 5) is 0. The molecule has 0 atom stereocenters. The first kappa shape index (κ1) is 9.89. The van der Waals surface area contributed by atoms with Gasteiger partial charge in [0.25, 0.3) is 0 Å². The quantitative estimate of drug-likeness (QED) is 0.388. The molecule has 4 heteroatoms. The molecule has 0 heterocycles. The van der Waals surface area contributed by atoms with Crippen LogP contribution in [0.1, 0.15) is 0 Å². The number of hydrogen-bond acceptors (Lipinski definition) is 2. The molecule has 0 saturated heterocycles. The fraction of sp³-hybridized carbons (Fsp3) is 0. The minimum absolute atomic E-state index is 0.408. The van der Waals surface area contributed by atoms with Crippen LogP contribution in [-0.2, 0) is 0 Å². The molecular formula is C11H11N3S. The van der Waals surface area contributed by atoms with Gasteiger partial charge in [0.05, 0.1) is 0 Å². The molecule has 0 aliphatic heterocycles. The number of hydrazine groups is 1. The van der Waals surface area contributed by atoms with E-state index in [1.54, 1.807) is 0 Å². The molecule has 0 fully saturated rings. The molecule has 0 spiro atoms. The second-order valence-corrected chi connectivity index (χ2v) is 3.57. The zero-order valence-corrected chi connectivity index (χ0v) is 8.84. The molecule has 2 rings (SSSR count). The molecule has 0 unspecified atom stereocenters. The maximum absolute atomic E-state index is 5.18. The van der Waals surface area contributed by atoms with Crippen molar-refractivity contribution in [2.24, 2.45) is 5.84 Å². The number of fused-ring (bicyclic) bond motifs is 1. The van der Waals surface area contributed by atoms with Crippen molar-refractivity contribution in [3.8, 4) is 0 Å². The van der Waals surface area contributed by atoms with Crippen molar-refractivity contribution in [1.82, 2.24) is 5.43 Å². The summed E-state index contributed by atoms with van der Waals surface area (Å²) >= 11 is 4.91. The molecular weight excluding hydrogens is 206 g/mol. The molecule has 0 amide bonds. The summed E-state index contributed by atoms with van der Waals surface area (Å²) in [6.07, 6.45) is 0. The van der Waals surface area contributed by atoms with E-state index in [0.29, 0.717) is 5.11 Å². The molecule has 0 saturated carbocycles. The van der Waals surface area contributed by atoms with E-state index < -0.39 is 0 Å². The molecule has 0 aromatic heterocycles. The normalized spacial score (nSPS) is 9.93. The lowest BCUT2D eigenvalue weighted by Gasteiger charge is -2.07. The second-order valence-electron chi connectivity index (χ2n) is 3.16. The molecule has 2 aromatic carbocycles. The number of nitrogens with one attached hydrogen (secondary N) is 2. The van der Waals surface area contributed by atoms with Gasteiger partial charge < -0.3 is 10.7 Å². The van der Waals surface area contributed by atoms with Crippen molar-refractivity contribution in [1.29, 1.82) is 0 Å². The lowest BCUT2D eigenvalue weighted by molar-refractivity contribution is 1.04. The highest BCUT2D eigenvalue weighted by Gasteiger charge is 1.97. The predicted octanol–water partition coefficient (Wildman–Crippen LogP) is 2.00. The molecule has 76 valence electrons. The first-order valence-electron chi connectivity index (χ1n) is 4.56. The van der Waals surface area contributed by atoms with Crippen LogP contribution in [-0.4, -0.2) is 5.11 Å². The lowest BCUT2D eigenvalue weighted by atomic mass is 10.1. The minimum Gasteiger partial charge on any atom is -0.332 e. The second kappa shape index (κ2) is 4.25. The highest BCUT2D eigenvalue weighted by molar-refractivity contribution is 7.80. The van der Waals surface area contributed by atoms with Gasteiger partial charge in [0.15, 0.2) is 5.11 Å². The lowest BCUT2D eigenvalue weighted by Crippen LogP contribution is -2.34. The van der Waals surface area contributed by atoms with E-state index in [1.165, 1.54) is 10.8 Å². The number of thiocarbonyl (C=S) groups is 1. The first-order chi connectivity index (χ1) is 7.29. The maximum atomic E-state index is 5.18. The summed E-state index contributed by atoms with van der Waals surface area (Å²) in [6, 6.07) is 14.2. The Labute approximate surface area is 93.2 Å². The average molecular weight is 217 g/mol. The number of anilines is 1. The Hall–Kier alpha value is -1.65. The van der Waals surface area contributed by atoms with Gasteiger partial charge >= 0.3 is 0 Å². The summed E-state index contributed by atoms with van der Waals surface area (Å²) in [7, 11) is 0. The maximum Gasteiger partial charge on any atom is 0.185 e. The largest absolute Gasteiger partial charge is 0.332 e. The minimum atomic E-state index is 0.408. The van der Waals surface area contributed by atoms with E-state index in [4.69, 9.17) is 18.1 Å². The Morgan fingerprint density at radius 1 is 1.07 bits per heavy atom. The van der Waals surface area contributed by atoms with Gasteiger partial charge in [-0.1, -0.05) is 30.3 Å². The van der Waals surface area contributed by atoms with Crippen LogP contribution in [0, 0.1) is 0 Å². The first-order valence-corrected chi connectivity index (χ1v) is 4.97. The van der Waals surface area contributed by atoms with Crippen LogP contribution in [0.4, 0.5) is 5.69 Å². The Balaban J connectivity index is 2.34. The number of rotatable bonds is 1. The van der Waals surface area contributed by atoms with Gasteiger partial charge in [-0.15, -0.1) is 0 Å². The van der Waals surface area contributed by atoms with E-state index in [-0.39, 0.29) is 0 Å². The van der Waals surface area contributed by atoms with Crippen molar-refractivity contribution in [2.75, 3.05) is 5.32 Å². The van der Waals surface area contributed by atoms with Crippen molar-refractivity contribution < 1.29 is 0 Å². The van der Waals surface area contributed by atoms with Crippen molar-refractivity contribution in [2.45, 2.75) is 0 Å². The summed E-state index contributed by atoms with van der Waals surface area (Å²) in [6.45, 7) is 0. The molecule has 0 bridgehead atoms. The SMILES string of the molecule is NNC(=S)Nc1ccc2ccccc2c1. The van der Waals surface area contributed by atoms with Crippen molar-refractivity contribution in [3.63, 3.8) is 0 Å². The van der Waals surface area contributed by atoms with Crippen LogP contribution in [0.3, 0.4) is 0 Å². The van der Waals surface area contributed by atoms with Crippen LogP contribution < -0.4 is 16.6 Å². The van der Waals surface area contributed by atoms with Crippen LogP contribution in [0.5, 0.6) is 0 Å². The standard InChI is InChI=1S/C11H11N3S/c12-14-11(15)13-10-6-5-8-3-1-2-4-9(8)7-10/h1-7H,12H2,(H2,13,14,15). The van der Waals surface area contributed by atoms with Crippen molar-refractivity contribution >= 4 is 33.8 Å². The Kier molecular flexibility index (Phi) is 2.80. The number of nitrogens with two attached hydrogens (primary N) is 1. The fourth-order valence-corrected chi connectivity index (χ4v) is 1.55. The van der Waals surface area contributed by atoms with Gasteiger partial charge in [-0.3, -0.25) is 0 Å². The van der Waals surface area contributed by atoms with Gasteiger partial charge in [-0.05, 0) is 35.1 Å². The molecule has 0 aliphatic rings. The predicted molar refractivity (Wildman–Crippen MR) is 67.5 cm³/mol.